The summed E-state index contributed by atoms with van der Waals surface area (Å²) in [5.74, 6) is -0.499. The van der Waals surface area contributed by atoms with E-state index in [0.717, 1.165) is 5.56 Å². The minimum Gasteiger partial charge on any atom is -0.490 e. The number of hydrogen-bond acceptors (Lipinski definition) is 3. The molecule has 4 heteroatoms. The molecule has 0 aromatic heterocycles. The number of carbonyl (C=O) groups is 1. The number of ether oxygens (including phenoxy) is 2. The van der Waals surface area contributed by atoms with Crippen LogP contribution < -0.4 is 4.74 Å². The van der Waals surface area contributed by atoms with Crippen molar-refractivity contribution in [1.29, 1.82) is 0 Å². The van der Waals surface area contributed by atoms with Crippen LogP contribution in [0.5, 0.6) is 5.75 Å². The van der Waals surface area contributed by atoms with Gasteiger partial charge in [-0.15, -0.1) is 0 Å². The first-order chi connectivity index (χ1) is 8.17. The molecule has 0 fully saturated rings. The number of methoxy groups -OCH3 is 1. The van der Waals surface area contributed by atoms with E-state index in [1.54, 1.807) is 30.3 Å². The zero-order chi connectivity index (χ0) is 12.7. The Bertz CT molecular complexity index is 418. The van der Waals surface area contributed by atoms with Gasteiger partial charge in [0.2, 0.25) is 5.76 Å². The molecule has 17 heavy (non-hydrogen) atoms. The first-order valence-electron chi connectivity index (χ1n) is 5.00. The number of carboxylic acids is 1. The first-order valence-corrected chi connectivity index (χ1v) is 5.00. The van der Waals surface area contributed by atoms with Gasteiger partial charge in [-0.2, -0.15) is 0 Å². The monoisotopic (exact) mass is 234 g/mol. The van der Waals surface area contributed by atoms with Crippen LogP contribution in [0.3, 0.4) is 0 Å². The van der Waals surface area contributed by atoms with E-state index in [0.29, 0.717) is 12.4 Å². The van der Waals surface area contributed by atoms with Gasteiger partial charge in [-0.1, -0.05) is 24.8 Å². The fraction of sp³-hybridized carbons (Fsp3) is 0.154. The smallest absolute Gasteiger partial charge is 0.371 e. The van der Waals surface area contributed by atoms with Crippen molar-refractivity contribution in [2.45, 2.75) is 0 Å². The van der Waals surface area contributed by atoms with Crippen LogP contribution in [0, 0.1) is 0 Å². The topological polar surface area (TPSA) is 55.8 Å². The fourth-order valence-electron chi connectivity index (χ4n) is 1.17. The van der Waals surface area contributed by atoms with Crippen molar-refractivity contribution in [2.75, 3.05) is 13.7 Å². The predicted octanol–water partition coefficient (Wildman–Crippen LogP) is 2.32. The Morgan fingerprint density at radius 2 is 2.06 bits per heavy atom. The minimum absolute atomic E-state index is 0.107. The van der Waals surface area contributed by atoms with Crippen molar-refractivity contribution in [3.63, 3.8) is 0 Å². The van der Waals surface area contributed by atoms with Crippen LogP contribution in [0.1, 0.15) is 5.56 Å². The number of hydrogen-bond donors (Lipinski definition) is 1. The second kappa shape index (κ2) is 6.37. The van der Waals surface area contributed by atoms with Gasteiger partial charge < -0.3 is 14.6 Å². The van der Waals surface area contributed by atoms with E-state index in [9.17, 15) is 4.79 Å². The lowest BCUT2D eigenvalue weighted by Crippen LogP contribution is -2.01. The second-order valence-corrected chi connectivity index (χ2v) is 3.19. The molecular formula is C13H14O4. The van der Waals surface area contributed by atoms with E-state index in [-0.39, 0.29) is 5.76 Å². The van der Waals surface area contributed by atoms with Gasteiger partial charge in [-0.25, -0.2) is 4.79 Å². The lowest BCUT2D eigenvalue weighted by Gasteiger charge is -2.04. The number of benzene rings is 1. The van der Waals surface area contributed by atoms with Crippen molar-refractivity contribution < 1.29 is 19.4 Å². The second-order valence-electron chi connectivity index (χ2n) is 3.19. The van der Waals surface area contributed by atoms with Crippen molar-refractivity contribution >= 4 is 12.0 Å². The van der Waals surface area contributed by atoms with Crippen LogP contribution >= 0.6 is 0 Å². The van der Waals surface area contributed by atoms with Crippen LogP contribution in [0.25, 0.3) is 6.08 Å². The summed E-state index contributed by atoms with van der Waals surface area (Å²) in [5, 5.41) is 8.78. The Labute approximate surface area is 99.8 Å². The molecule has 1 rings (SSSR count). The van der Waals surface area contributed by atoms with Gasteiger partial charge in [0.25, 0.3) is 0 Å². The summed E-state index contributed by atoms with van der Waals surface area (Å²) in [5.41, 5.74) is 0.732. The maximum atomic E-state index is 10.7. The molecule has 0 aliphatic rings. The van der Waals surface area contributed by atoms with Gasteiger partial charge in [0, 0.05) is 0 Å². The lowest BCUT2D eigenvalue weighted by atomic mass is 10.2. The molecule has 0 amide bonds. The average molecular weight is 234 g/mol. The Hall–Kier alpha value is -2.23. The van der Waals surface area contributed by atoms with Crippen molar-refractivity contribution in [1.82, 2.24) is 0 Å². The lowest BCUT2D eigenvalue weighted by molar-refractivity contribution is -0.135. The van der Waals surface area contributed by atoms with Gasteiger partial charge in [-0.3, -0.25) is 0 Å². The van der Waals surface area contributed by atoms with Crippen LogP contribution in [0.15, 0.2) is 42.7 Å². The van der Waals surface area contributed by atoms with Gasteiger partial charge >= 0.3 is 5.97 Å². The zero-order valence-corrected chi connectivity index (χ0v) is 9.55. The van der Waals surface area contributed by atoms with Gasteiger partial charge in [0.05, 0.1) is 7.11 Å². The summed E-state index contributed by atoms with van der Waals surface area (Å²) in [7, 11) is 1.32. The maximum absolute atomic E-state index is 10.7. The highest BCUT2D eigenvalue weighted by molar-refractivity contribution is 5.89. The molecule has 0 spiro atoms. The zero-order valence-electron chi connectivity index (χ0n) is 9.55. The molecule has 0 aliphatic carbocycles. The van der Waals surface area contributed by atoms with Crippen molar-refractivity contribution in [3.05, 3.63) is 48.2 Å². The molecule has 0 saturated heterocycles. The molecule has 0 heterocycles. The average Bonchev–Trinajstić information content (AvgIpc) is 2.34. The molecule has 1 aromatic carbocycles. The molecule has 1 N–H and O–H groups in total. The SMILES string of the molecule is C=CCOc1ccc(C=C(OC)C(=O)O)cc1. The predicted molar refractivity (Wildman–Crippen MR) is 64.8 cm³/mol. The molecule has 90 valence electrons. The molecule has 0 aliphatic heterocycles. The number of rotatable bonds is 6. The quantitative estimate of drug-likeness (QED) is 0.466. The third kappa shape index (κ3) is 4.03. The van der Waals surface area contributed by atoms with E-state index >= 15 is 0 Å². The van der Waals surface area contributed by atoms with Crippen LogP contribution in [-0.4, -0.2) is 24.8 Å². The molecule has 0 atom stereocenters. The van der Waals surface area contributed by atoms with Gasteiger partial charge in [0.1, 0.15) is 12.4 Å². The third-order valence-electron chi connectivity index (χ3n) is 1.98. The Morgan fingerprint density at radius 1 is 1.41 bits per heavy atom. The van der Waals surface area contributed by atoms with E-state index in [2.05, 4.69) is 6.58 Å². The fourth-order valence-corrected chi connectivity index (χ4v) is 1.17. The largest absolute Gasteiger partial charge is 0.490 e. The normalized spacial score (nSPS) is 10.8. The summed E-state index contributed by atoms with van der Waals surface area (Å²) < 4.78 is 10.0. The summed E-state index contributed by atoms with van der Waals surface area (Å²) in [6.07, 6.45) is 3.10. The Morgan fingerprint density at radius 3 is 2.53 bits per heavy atom. The summed E-state index contributed by atoms with van der Waals surface area (Å²) >= 11 is 0. The van der Waals surface area contributed by atoms with Crippen LogP contribution in [0.2, 0.25) is 0 Å². The highest BCUT2D eigenvalue weighted by Crippen LogP contribution is 2.14. The van der Waals surface area contributed by atoms with Gasteiger partial charge in [-0.05, 0) is 23.8 Å². The highest BCUT2D eigenvalue weighted by Gasteiger charge is 2.06. The summed E-state index contributed by atoms with van der Waals surface area (Å²) in [6.45, 7) is 3.98. The van der Waals surface area contributed by atoms with Crippen LogP contribution in [-0.2, 0) is 9.53 Å². The van der Waals surface area contributed by atoms with E-state index in [1.165, 1.54) is 13.2 Å². The van der Waals surface area contributed by atoms with Crippen molar-refractivity contribution in [2.24, 2.45) is 0 Å². The van der Waals surface area contributed by atoms with E-state index in [1.807, 2.05) is 0 Å². The van der Waals surface area contributed by atoms with Crippen LogP contribution in [0.4, 0.5) is 0 Å². The standard InChI is InChI=1S/C13H14O4/c1-3-8-17-11-6-4-10(5-7-11)9-12(16-2)13(14)15/h3-7,9H,1,8H2,2H3,(H,14,15). The number of carboxylic acid groups (broad SMARTS) is 1. The van der Waals surface area contributed by atoms with E-state index < -0.39 is 5.97 Å². The number of aliphatic carboxylic acids is 1. The summed E-state index contributed by atoms with van der Waals surface area (Å²) in [4.78, 5) is 10.7. The molecule has 0 radical (unpaired) electrons. The molecule has 1 aromatic rings. The summed E-state index contributed by atoms with van der Waals surface area (Å²) in [6, 6.07) is 7.01. The molecule has 0 unspecified atom stereocenters. The van der Waals surface area contributed by atoms with E-state index in [4.69, 9.17) is 14.6 Å². The Balaban J connectivity index is 2.80. The molecule has 0 bridgehead atoms. The maximum Gasteiger partial charge on any atom is 0.371 e. The molecule has 4 nitrogen and oxygen atoms in total. The van der Waals surface area contributed by atoms with Crippen molar-refractivity contribution in [3.8, 4) is 5.75 Å². The third-order valence-corrected chi connectivity index (χ3v) is 1.98. The first kappa shape index (κ1) is 12.8. The Kier molecular flexibility index (Phi) is 4.81. The minimum atomic E-state index is -1.10. The molecule has 0 saturated carbocycles. The highest BCUT2D eigenvalue weighted by atomic mass is 16.5. The van der Waals surface area contributed by atoms with Gasteiger partial charge in [0.15, 0.2) is 0 Å². The molecular weight excluding hydrogens is 220 g/mol.